The number of hydrogen-bond donors (Lipinski definition) is 12. The summed E-state index contributed by atoms with van der Waals surface area (Å²) < 4.78 is 0. The van der Waals surface area contributed by atoms with Crippen LogP contribution in [0.4, 0.5) is 4.79 Å². The van der Waals surface area contributed by atoms with Crippen LogP contribution in [-0.4, -0.2) is 126 Å². The van der Waals surface area contributed by atoms with Crippen LogP contribution in [-0.2, 0) is 24.0 Å². The second-order valence-electron chi connectivity index (χ2n) is 14.6. The SMILES string of the molecule is CCCCCCCCCCCCCCCCCCNC(=O)N[C@@H](CCCCN)C(=O)N[C@@H](CO)C(=O)N[C@@H](CO)C(=O)N[C@@H](CCCN)C(=O)N[C@@H](CO)C(=O)O. The van der Waals surface area contributed by atoms with Crippen molar-refractivity contribution in [3.05, 3.63) is 0 Å². The zero-order valence-corrected chi connectivity index (χ0v) is 34.4. The molecule has 0 aromatic carbocycles. The normalized spacial score (nSPS) is 13.7. The van der Waals surface area contributed by atoms with Crippen molar-refractivity contribution >= 4 is 35.6 Å². The third kappa shape index (κ3) is 26.9. The van der Waals surface area contributed by atoms with Crippen LogP contribution in [0.1, 0.15) is 142 Å². The van der Waals surface area contributed by atoms with E-state index in [1.807, 2.05) is 0 Å². The molecule has 6 amide bonds. The Morgan fingerprint density at radius 1 is 0.439 bits per heavy atom. The topological polar surface area (TPSA) is 308 Å². The summed E-state index contributed by atoms with van der Waals surface area (Å²) in [4.78, 5) is 75.9. The molecule has 0 spiro atoms. The average molecular weight is 817 g/mol. The van der Waals surface area contributed by atoms with Crippen molar-refractivity contribution in [2.24, 2.45) is 11.5 Å². The molecular weight excluding hydrogens is 740 g/mol. The highest BCUT2D eigenvalue weighted by atomic mass is 16.4. The highest BCUT2D eigenvalue weighted by Gasteiger charge is 2.32. The lowest BCUT2D eigenvalue weighted by Crippen LogP contribution is -2.60. The predicted octanol–water partition coefficient (Wildman–Crippen LogP) is 0.784. The molecule has 0 aliphatic heterocycles. The molecule has 5 atom stereocenters. The van der Waals surface area contributed by atoms with E-state index in [1.54, 1.807) is 0 Å². The van der Waals surface area contributed by atoms with Crippen molar-refractivity contribution in [3.8, 4) is 0 Å². The number of nitrogens with one attached hydrogen (secondary N) is 6. The number of hydrogen-bond acceptors (Lipinski definition) is 11. The lowest BCUT2D eigenvalue weighted by molar-refractivity contribution is -0.143. The fourth-order valence-corrected chi connectivity index (χ4v) is 6.10. The third-order valence-corrected chi connectivity index (χ3v) is 9.64. The van der Waals surface area contributed by atoms with Crippen LogP contribution < -0.4 is 43.4 Å². The average Bonchev–Trinajstić information content (AvgIpc) is 3.19. The van der Waals surface area contributed by atoms with E-state index in [0.717, 1.165) is 25.7 Å². The molecular formula is C39H76N8O10. The molecule has 0 aliphatic carbocycles. The Kier molecular flexibility index (Phi) is 33.3. The fraction of sp³-hybridized carbons (Fsp3) is 0.846. The van der Waals surface area contributed by atoms with Gasteiger partial charge in [-0.25, -0.2) is 9.59 Å². The zero-order chi connectivity index (χ0) is 42.7. The van der Waals surface area contributed by atoms with E-state index in [0.29, 0.717) is 25.9 Å². The molecule has 18 nitrogen and oxygen atoms in total. The molecule has 0 fully saturated rings. The second-order valence-corrected chi connectivity index (χ2v) is 14.6. The maximum absolute atomic E-state index is 13.2. The number of unbranched alkanes of at least 4 members (excludes halogenated alkanes) is 16. The van der Waals surface area contributed by atoms with E-state index in [-0.39, 0.29) is 25.8 Å². The van der Waals surface area contributed by atoms with Crippen LogP contribution in [0.15, 0.2) is 0 Å². The number of aliphatic carboxylic acids is 1. The molecule has 0 radical (unpaired) electrons. The Balaban J connectivity index is 4.87. The van der Waals surface area contributed by atoms with Gasteiger partial charge in [-0.2, -0.15) is 0 Å². The van der Waals surface area contributed by atoms with Gasteiger partial charge in [-0.05, 0) is 51.6 Å². The quantitative estimate of drug-likeness (QED) is 0.0388. The molecule has 332 valence electrons. The monoisotopic (exact) mass is 817 g/mol. The molecule has 0 heterocycles. The van der Waals surface area contributed by atoms with Gasteiger partial charge in [0.1, 0.15) is 30.2 Å². The van der Waals surface area contributed by atoms with Crippen LogP contribution in [0.2, 0.25) is 0 Å². The van der Waals surface area contributed by atoms with Crippen molar-refractivity contribution < 1.29 is 49.2 Å². The lowest BCUT2D eigenvalue weighted by atomic mass is 10.0. The summed E-state index contributed by atoms with van der Waals surface area (Å²) in [6, 6.07) is -7.82. The fourth-order valence-electron chi connectivity index (χ4n) is 6.10. The van der Waals surface area contributed by atoms with Gasteiger partial charge in [-0.15, -0.1) is 0 Å². The van der Waals surface area contributed by atoms with Crippen molar-refractivity contribution in [3.63, 3.8) is 0 Å². The van der Waals surface area contributed by atoms with Gasteiger partial charge in [0.05, 0.1) is 19.8 Å². The van der Waals surface area contributed by atoms with Gasteiger partial charge in [-0.3, -0.25) is 19.2 Å². The Bertz CT molecular complexity index is 1120. The largest absolute Gasteiger partial charge is 0.480 e. The van der Waals surface area contributed by atoms with Crippen molar-refractivity contribution in [1.29, 1.82) is 0 Å². The number of carbonyl (C=O) groups is 6. The zero-order valence-electron chi connectivity index (χ0n) is 34.4. The van der Waals surface area contributed by atoms with Gasteiger partial charge in [-0.1, -0.05) is 103 Å². The molecule has 0 aromatic rings. The van der Waals surface area contributed by atoms with Gasteiger partial charge in [0.15, 0.2) is 0 Å². The van der Waals surface area contributed by atoms with Crippen molar-refractivity contribution in [2.75, 3.05) is 39.5 Å². The molecule has 0 saturated carbocycles. The maximum Gasteiger partial charge on any atom is 0.328 e. The summed E-state index contributed by atoms with van der Waals surface area (Å²) in [5.74, 6) is -5.27. The minimum Gasteiger partial charge on any atom is -0.480 e. The number of amides is 6. The molecule has 0 bridgehead atoms. The standard InChI is InChI=1S/C39H76N8O10/c1-2-3-4-5-6-7-8-9-10-11-12-13-14-15-16-19-25-42-39(57)47-30(21-17-18-23-40)35(52)44-32(27-49)37(54)45-31(26-48)36(53)43-29(22-20-24-41)34(51)46-33(28-50)38(55)56/h29-33,48-50H,2-28,40-41H2,1H3,(H,43,53)(H,44,52)(H,45,54)(H,46,51)(H,55,56)(H2,42,47,57)/t29-,30-,31-,32-,33-/m0/s1. The van der Waals surface area contributed by atoms with Crippen LogP contribution >= 0.6 is 0 Å². The van der Waals surface area contributed by atoms with Crippen molar-refractivity contribution in [2.45, 2.75) is 172 Å². The van der Waals surface area contributed by atoms with Crippen LogP contribution in [0.25, 0.3) is 0 Å². The van der Waals surface area contributed by atoms with Crippen molar-refractivity contribution in [1.82, 2.24) is 31.9 Å². The highest BCUT2D eigenvalue weighted by Crippen LogP contribution is 2.14. The summed E-state index contributed by atoms with van der Waals surface area (Å²) >= 11 is 0. The molecule has 0 saturated heterocycles. The Morgan fingerprint density at radius 2 is 0.789 bits per heavy atom. The summed E-state index contributed by atoms with van der Waals surface area (Å²) in [5, 5.41) is 52.6. The summed E-state index contributed by atoms with van der Waals surface area (Å²) in [7, 11) is 0. The molecule has 0 aliphatic rings. The Hall–Kier alpha value is -3.58. The number of rotatable bonds is 37. The second kappa shape index (κ2) is 35.6. The first-order valence-corrected chi connectivity index (χ1v) is 21.2. The number of carboxylic acids is 1. The summed E-state index contributed by atoms with van der Waals surface area (Å²) in [6.45, 7) is 0.419. The molecule has 0 aromatic heterocycles. The molecule has 18 heteroatoms. The summed E-state index contributed by atoms with van der Waals surface area (Å²) in [6.07, 6.45) is 21.3. The molecule has 14 N–H and O–H groups in total. The first-order valence-electron chi connectivity index (χ1n) is 21.2. The number of aliphatic hydroxyl groups is 3. The Labute approximate surface area is 339 Å². The third-order valence-electron chi connectivity index (χ3n) is 9.64. The van der Waals surface area contributed by atoms with E-state index in [4.69, 9.17) is 16.6 Å². The maximum atomic E-state index is 13.2. The van der Waals surface area contributed by atoms with E-state index in [9.17, 15) is 44.1 Å². The van der Waals surface area contributed by atoms with E-state index in [1.165, 1.54) is 77.0 Å². The first-order chi connectivity index (χ1) is 27.5. The number of carbonyl (C=O) groups excluding carboxylic acids is 5. The van der Waals surface area contributed by atoms with Crippen LogP contribution in [0, 0.1) is 0 Å². The number of urea groups is 1. The Morgan fingerprint density at radius 3 is 1.19 bits per heavy atom. The van der Waals surface area contributed by atoms with E-state index >= 15 is 0 Å². The van der Waals surface area contributed by atoms with Gasteiger partial charge < -0.3 is 63.8 Å². The highest BCUT2D eigenvalue weighted by molar-refractivity contribution is 5.96. The van der Waals surface area contributed by atoms with E-state index < -0.39 is 85.7 Å². The van der Waals surface area contributed by atoms with Gasteiger partial charge in [0.25, 0.3) is 0 Å². The van der Waals surface area contributed by atoms with Gasteiger partial charge in [0, 0.05) is 6.54 Å². The number of nitrogens with two attached hydrogens (primary N) is 2. The minimum absolute atomic E-state index is 0.0289. The predicted molar refractivity (Wildman–Crippen MR) is 218 cm³/mol. The number of carboxylic acid groups (broad SMARTS) is 1. The molecule has 0 unspecified atom stereocenters. The number of aliphatic hydroxyl groups excluding tert-OH is 3. The molecule has 0 rings (SSSR count). The minimum atomic E-state index is -1.64. The summed E-state index contributed by atoms with van der Waals surface area (Å²) in [5.41, 5.74) is 11.1. The van der Waals surface area contributed by atoms with Gasteiger partial charge >= 0.3 is 12.0 Å². The van der Waals surface area contributed by atoms with Crippen LogP contribution in [0.3, 0.4) is 0 Å². The lowest BCUT2D eigenvalue weighted by Gasteiger charge is -2.25. The molecule has 57 heavy (non-hydrogen) atoms. The van der Waals surface area contributed by atoms with Crippen LogP contribution in [0.5, 0.6) is 0 Å². The van der Waals surface area contributed by atoms with Gasteiger partial charge in [0.2, 0.25) is 23.6 Å². The smallest absolute Gasteiger partial charge is 0.328 e. The first kappa shape index (κ1) is 53.4. The van der Waals surface area contributed by atoms with E-state index in [2.05, 4.69) is 38.8 Å².